The summed E-state index contributed by atoms with van der Waals surface area (Å²) in [6, 6.07) is 6.66. The van der Waals surface area contributed by atoms with Crippen molar-refractivity contribution in [1.29, 1.82) is 0 Å². The Balaban J connectivity index is 2.26. The van der Waals surface area contributed by atoms with Crippen LogP contribution in [0.2, 0.25) is 0 Å². The number of carboxylic acid groups (broad SMARTS) is 1. The number of carboxylic acids is 1. The fraction of sp³-hybridized carbons (Fsp3) is 0.429. The first-order valence-electron chi connectivity index (χ1n) is 6.93. The molecule has 22 heavy (non-hydrogen) atoms. The molecule has 8 heteroatoms. The van der Waals surface area contributed by atoms with Gasteiger partial charge in [0.05, 0.1) is 17.7 Å². The summed E-state index contributed by atoms with van der Waals surface area (Å²) < 4.78 is 5.51. The minimum atomic E-state index is -0.963. The van der Waals surface area contributed by atoms with Crippen molar-refractivity contribution in [2.24, 2.45) is 5.92 Å². The summed E-state index contributed by atoms with van der Waals surface area (Å²) in [4.78, 5) is 22.0. The van der Waals surface area contributed by atoms with Crippen LogP contribution in [-0.4, -0.2) is 29.8 Å². The van der Waals surface area contributed by atoms with Crippen molar-refractivity contribution < 1.29 is 19.4 Å². The molecule has 0 saturated carbocycles. The van der Waals surface area contributed by atoms with Crippen LogP contribution >= 0.6 is 0 Å². The van der Waals surface area contributed by atoms with Crippen LogP contribution in [0.15, 0.2) is 24.3 Å². The first-order valence-corrected chi connectivity index (χ1v) is 6.93. The molecule has 122 valence electrons. The number of amides is 2. The molecule has 0 heterocycles. The molecule has 0 radical (unpaired) electrons. The van der Waals surface area contributed by atoms with E-state index in [1.54, 1.807) is 24.3 Å². The Morgan fingerprint density at radius 1 is 1.18 bits per heavy atom. The van der Waals surface area contributed by atoms with E-state index in [-0.39, 0.29) is 12.6 Å². The Hall–Kier alpha value is -2.48. The van der Waals surface area contributed by atoms with Gasteiger partial charge in [0.2, 0.25) is 0 Å². The second kappa shape index (κ2) is 8.73. The molecule has 1 atom stereocenters. The van der Waals surface area contributed by atoms with E-state index in [2.05, 4.69) is 21.7 Å². The molecule has 0 bridgehead atoms. The van der Waals surface area contributed by atoms with E-state index in [1.165, 1.54) is 6.92 Å². The van der Waals surface area contributed by atoms with E-state index >= 15 is 0 Å². The van der Waals surface area contributed by atoms with Crippen LogP contribution in [0.4, 0.5) is 10.5 Å². The number of urea groups is 1. The molecule has 0 aliphatic heterocycles. The maximum absolute atomic E-state index is 11.4. The lowest BCUT2D eigenvalue weighted by Crippen LogP contribution is -2.48. The molecule has 0 spiro atoms. The van der Waals surface area contributed by atoms with E-state index in [9.17, 15) is 9.59 Å². The van der Waals surface area contributed by atoms with Gasteiger partial charge in [0.15, 0.2) is 0 Å². The zero-order valence-electron chi connectivity index (χ0n) is 12.8. The number of rotatable bonds is 8. The summed E-state index contributed by atoms with van der Waals surface area (Å²) in [5.41, 5.74) is 8.36. The fourth-order valence-corrected chi connectivity index (χ4v) is 1.43. The second-order valence-corrected chi connectivity index (χ2v) is 5.02. The summed E-state index contributed by atoms with van der Waals surface area (Å²) in [6.07, 6.45) is 0.107. The summed E-state index contributed by atoms with van der Waals surface area (Å²) in [6.45, 7) is 5.45. The quantitative estimate of drug-likeness (QED) is 0.463. The monoisotopic (exact) mass is 310 g/mol. The topological polar surface area (TPSA) is 112 Å². The van der Waals surface area contributed by atoms with Crippen LogP contribution in [-0.2, 0) is 4.79 Å². The second-order valence-electron chi connectivity index (χ2n) is 5.02. The molecule has 0 saturated heterocycles. The SMILES string of the molecule is CC(C)Oc1ccc(NNNC(=O)NC[C@H](C)C(=O)O)cc1. The highest BCUT2D eigenvalue weighted by Crippen LogP contribution is 2.15. The molecule has 1 aromatic rings. The normalized spacial score (nSPS) is 11.6. The molecular formula is C14H22N4O4. The third-order valence-electron chi connectivity index (χ3n) is 2.60. The lowest BCUT2D eigenvalue weighted by molar-refractivity contribution is -0.140. The molecule has 2 amide bonds. The average Bonchev–Trinajstić information content (AvgIpc) is 2.46. The van der Waals surface area contributed by atoms with Crippen LogP contribution in [0.3, 0.4) is 0 Å². The van der Waals surface area contributed by atoms with Crippen molar-refractivity contribution in [3.63, 3.8) is 0 Å². The molecule has 0 aliphatic rings. The Morgan fingerprint density at radius 3 is 2.36 bits per heavy atom. The van der Waals surface area contributed by atoms with Gasteiger partial charge in [-0.15, -0.1) is 5.53 Å². The molecule has 0 aromatic heterocycles. The number of hydrogen-bond acceptors (Lipinski definition) is 5. The number of benzene rings is 1. The van der Waals surface area contributed by atoms with Crippen molar-refractivity contribution in [3.8, 4) is 5.75 Å². The van der Waals surface area contributed by atoms with Crippen molar-refractivity contribution >= 4 is 17.7 Å². The summed E-state index contributed by atoms with van der Waals surface area (Å²) in [7, 11) is 0. The zero-order chi connectivity index (χ0) is 16.5. The van der Waals surface area contributed by atoms with E-state index < -0.39 is 17.9 Å². The highest BCUT2D eigenvalue weighted by atomic mass is 16.5. The number of ether oxygens (including phenoxy) is 1. The summed E-state index contributed by atoms with van der Waals surface area (Å²) in [5, 5.41) is 11.1. The van der Waals surface area contributed by atoms with Crippen molar-refractivity contribution in [3.05, 3.63) is 24.3 Å². The van der Waals surface area contributed by atoms with Gasteiger partial charge in [-0.3, -0.25) is 10.2 Å². The minimum Gasteiger partial charge on any atom is -0.491 e. The number of aliphatic carboxylic acids is 1. The Labute approximate surface area is 129 Å². The number of nitrogens with one attached hydrogen (secondary N) is 4. The molecular weight excluding hydrogens is 288 g/mol. The lowest BCUT2D eigenvalue weighted by Gasteiger charge is -2.13. The van der Waals surface area contributed by atoms with Crippen LogP contribution in [0, 0.1) is 5.92 Å². The Morgan fingerprint density at radius 2 is 1.82 bits per heavy atom. The maximum atomic E-state index is 11.4. The van der Waals surface area contributed by atoms with Gasteiger partial charge in [-0.25, -0.2) is 4.79 Å². The van der Waals surface area contributed by atoms with Gasteiger partial charge >= 0.3 is 12.0 Å². The largest absolute Gasteiger partial charge is 0.491 e. The predicted molar refractivity (Wildman–Crippen MR) is 82.3 cm³/mol. The maximum Gasteiger partial charge on any atom is 0.330 e. The number of carbonyl (C=O) groups is 2. The Kier molecular flexibility index (Phi) is 6.97. The van der Waals surface area contributed by atoms with Gasteiger partial charge in [-0.1, -0.05) is 6.92 Å². The summed E-state index contributed by atoms with van der Waals surface area (Å²) >= 11 is 0. The van der Waals surface area contributed by atoms with E-state index in [1.807, 2.05) is 13.8 Å². The number of carbonyl (C=O) groups excluding carboxylic acids is 1. The van der Waals surface area contributed by atoms with Crippen LogP contribution in [0.5, 0.6) is 5.75 Å². The molecule has 0 fully saturated rings. The molecule has 0 aliphatic carbocycles. The summed E-state index contributed by atoms with van der Waals surface area (Å²) in [5.74, 6) is -0.851. The third kappa shape index (κ3) is 6.80. The molecule has 1 aromatic carbocycles. The molecule has 1 rings (SSSR count). The number of hydrogen-bond donors (Lipinski definition) is 5. The van der Waals surface area contributed by atoms with Gasteiger partial charge in [0.1, 0.15) is 5.75 Å². The van der Waals surface area contributed by atoms with Gasteiger partial charge in [0.25, 0.3) is 0 Å². The smallest absolute Gasteiger partial charge is 0.330 e. The average molecular weight is 310 g/mol. The van der Waals surface area contributed by atoms with Gasteiger partial charge in [0, 0.05) is 6.54 Å². The van der Waals surface area contributed by atoms with Crippen molar-refractivity contribution in [2.45, 2.75) is 26.9 Å². The molecule has 5 N–H and O–H groups in total. The minimum absolute atomic E-state index is 0.0457. The van der Waals surface area contributed by atoms with Crippen molar-refractivity contribution in [2.75, 3.05) is 12.0 Å². The first-order chi connectivity index (χ1) is 10.4. The van der Waals surface area contributed by atoms with Crippen molar-refractivity contribution in [1.82, 2.24) is 16.3 Å². The highest BCUT2D eigenvalue weighted by Gasteiger charge is 2.11. The van der Waals surface area contributed by atoms with E-state index in [0.29, 0.717) is 0 Å². The Bertz CT molecular complexity index is 490. The van der Waals surface area contributed by atoms with Gasteiger partial charge in [-0.05, 0) is 38.1 Å². The zero-order valence-corrected chi connectivity index (χ0v) is 12.8. The van der Waals surface area contributed by atoms with E-state index in [0.717, 1.165) is 11.4 Å². The number of hydrazine groups is 2. The van der Waals surface area contributed by atoms with Crippen LogP contribution in [0.25, 0.3) is 0 Å². The standard InChI is InChI=1S/C14H22N4O4/c1-9(2)22-12-6-4-11(5-7-12)16-18-17-14(21)15-8-10(3)13(19)20/h4-7,9-10,16,18H,8H2,1-3H3,(H,19,20)(H2,15,17,21)/t10-/m0/s1. The highest BCUT2D eigenvalue weighted by molar-refractivity contribution is 5.75. The fourth-order valence-electron chi connectivity index (χ4n) is 1.43. The van der Waals surface area contributed by atoms with Gasteiger partial charge in [-0.2, -0.15) is 0 Å². The van der Waals surface area contributed by atoms with Crippen LogP contribution < -0.4 is 26.4 Å². The van der Waals surface area contributed by atoms with Crippen LogP contribution in [0.1, 0.15) is 20.8 Å². The number of anilines is 1. The van der Waals surface area contributed by atoms with E-state index in [4.69, 9.17) is 9.84 Å². The predicted octanol–water partition coefficient (Wildman–Crippen LogP) is 1.33. The third-order valence-corrected chi connectivity index (χ3v) is 2.60. The molecule has 0 unspecified atom stereocenters. The molecule has 8 nitrogen and oxygen atoms in total. The lowest BCUT2D eigenvalue weighted by atomic mass is 10.2. The first kappa shape index (κ1) is 17.6. The van der Waals surface area contributed by atoms with Gasteiger partial charge < -0.3 is 20.6 Å².